The molecule has 0 bridgehead atoms. The largest absolute Gasteiger partial charge is 0.356 e. The Hall–Kier alpha value is -1.62. The number of aryl methyl sites for hydroxylation is 1. The van der Waals surface area contributed by atoms with Crippen LogP contribution in [0.15, 0.2) is 16.8 Å². The van der Waals surface area contributed by atoms with Gasteiger partial charge in [0.25, 0.3) is 0 Å². The Morgan fingerprint density at radius 1 is 1.35 bits per heavy atom. The van der Waals surface area contributed by atoms with Crippen LogP contribution in [0.1, 0.15) is 30.1 Å². The Morgan fingerprint density at radius 3 is 2.88 bits per heavy atom. The van der Waals surface area contributed by atoms with Gasteiger partial charge in [-0.3, -0.25) is 5.10 Å². The van der Waals surface area contributed by atoms with Gasteiger partial charge in [0.15, 0.2) is 5.76 Å². The van der Waals surface area contributed by atoms with Crippen molar-refractivity contribution in [2.45, 2.75) is 25.7 Å². The molecule has 0 unspecified atom stereocenters. The molecule has 1 aliphatic rings. The summed E-state index contributed by atoms with van der Waals surface area (Å²) in [5.74, 6) is 1.35. The second kappa shape index (κ2) is 4.33. The van der Waals surface area contributed by atoms with E-state index < -0.39 is 0 Å². The van der Waals surface area contributed by atoms with Crippen molar-refractivity contribution in [3.8, 4) is 11.3 Å². The summed E-state index contributed by atoms with van der Waals surface area (Å²) in [4.78, 5) is 0. The molecule has 90 valence electrons. The molecule has 0 spiro atoms. The van der Waals surface area contributed by atoms with Crippen LogP contribution >= 0.6 is 0 Å². The van der Waals surface area contributed by atoms with E-state index in [2.05, 4.69) is 20.7 Å². The molecule has 0 aliphatic carbocycles. The minimum absolute atomic E-state index is 0.541. The highest BCUT2D eigenvalue weighted by Gasteiger charge is 2.22. The molecule has 3 heterocycles. The molecule has 1 aliphatic heterocycles. The standard InChI is InChI=1S/C12H16N4O/c1-8-6-11(17-16-8)10-7-14-15-12(10)9-2-4-13-5-3-9/h6-7,9,13H,2-5H2,1H3,(H,14,15). The van der Waals surface area contributed by atoms with Gasteiger partial charge in [0.05, 0.1) is 17.5 Å². The predicted octanol–water partition coefficient (Wildman–Crippen LogP) is 1.84. The van der Waals surface area contributed by atoms with E-state index in [-0.39, 0.29) is 0 Å². The third kappa shape index (κ3) is 1.98. The van der Waals surface area contributed by atoms with E-state index in [1.165, 1.54) is 5.69 Å². The first-order valence-electron chi connectivity index (χ1n) is 6.02. The SMILES string of the molecule is Cc1cc(-c2cn[nH]c2C2CCNCC2)on1. The third-order valence-electron chi connectivity index (χ3n) is 3.31. The number of hydrogen-bond acceptors (Lipinski definition) is 4. The average Bonchev–Trinajstić information content (AvgIpc) is 2.98. The molecular weight excluding hydrogens is 216 g/mol. The van der Waals surface area contributed by atoms with Crippen molar-refractivity contribution in [2.75, 3.05) is 13.1 Å². The van der Waals surface area contributed by atoms with E-state index >= 15 is 0 Å². The van der Waals surface area contributed by atoms with Gasteiger partial charge in [0.2, 0.25) is 0 Å². The Bertz CT molecular complexity index is 496. The normalized spacial score (nSPS) is 17.5. The molecule has 0 aromatic carbocycles. The topological polar surface area (TPSA) is 66.7 Å². The van der Waals surface area contributed by atoms with Crippen LogP contribution in [0.2, 0.25) is 0 Å². The molecule has 1 fully saturated rings. The smallest absolute Gasteiger partial charge is 0.170 e. The maximum absolute atomic E-state index is 5.31. The van der Waals surface area contributed by atoms with Crippen LogP contribution in [0.25, 0.3) is 11.3 Å². The molecule has 3 rings (SSSR count). The molecule has 0 saturated carbocycles. The van der Waals surface area contributed by atoms with Gasteiger partial charge in [0.1, 0.15) is 0 Å². The lowest BCUT2D eigenvalue weighted by Gasteiger charge is -2.22. The van der Waals surface area contributed by atoms with Crippen molar-refractivity contribution in [3.05, 3.63) is 23.7 Å². The van der Waals surface area contributed by atoms with Gasteiger partial charge in [-0.05, 0) is 32.9 Å². The van der Waals surface area contributed by atoms with E-state index in [4.69, 9.17) is 4.52 Å². The molecule has 0 radical (unpaired) electrons. The summed E-state index contributed by atoms with van der Waals surface area (Å²) in [7, 11) is 0. The van der Waals surface area contributed by atoms with Crippen molar-refractivity contribution in [3.63, 3.8) is 0 Å². The Kier molecular flexibility index (Phi) is 2.68. The lowest BCUT2D eigenvalue weighted by atomic mass is 9.92. The van der Waals surface area contributed by atoms with Crippen LogP contribution in [0.4, 0.5) is 0 Å². The van der Waals surface area contributed by atoms with Gasteiger partial charge in [-0.25, -0.2) is 0 Å². The summed E-state index contributed by atoms with van der Waals surface area (Å²) in [6.45, 7) is 4.06. The number of nitrogens with zero attached hydrogens (tertiary/aromatic N) is 2. The zero-order chi connectivity index (χ0) is 11.7. The Balaban J connectivity index is 1.93. The van der Waals surface area contributed by atoms with Gasteiger partial charge in [-0.2, -0.15) is 5.10 Å². The molecule has 0 atom stereocenters. The molecular formula is C12H16N4O. The summed E-state index contributed by atoms with van der Waals surface area (Å²) in [5.41, 5.74) is 3.14. The number of aromatic nitrogens is 3. The summed E-state index contributed by atoms with van der Waals surface area (Å²) in [6, 6.07) is 1.95. The maximum Gasteiger partial charge on any atom is 0.170 e. The second-order valence-electron chi connectivity index (χ2n) is 4.55. The van der Waals surface area contributed by atoms with Gasteiger partial charge >= 0.3 is 0 Å². The van der Waals surface area contributed by atoms with Crippen molar-refractivity contribution in [1.29, 1.82) is 0 Å². The highest BCUT2D eigenvalue weighted by atomic mass is 16.5. The zero-order valence-corrected chi connectivity index (χ0v) is 9.86. The van der Waals surface area contributed by atoms with Gasteiger partial charge in [-0.15, -0.1) is 0 Å². The lowest BCUT2D eigenvalue weighted by Crippen LogP contribution is -2.27. The van der Waals surface area contributed by atoms with E-state index in [1.54, 1.807) is 0 Å². The number of aromatic amines is 1. The minimum atomic E-state index is 0.541. The van der Waals surface area contributed by atoms with E-state index in [0.717, 1.165) is 42.9 Å². The molecule has 2 aromatic rings. The predicted molar refractivity (Wildman–Crippen MR) is 63.7 cm³/mol. The quantitative estimate of drug-likeness (QED) is 0.829. The van der Waals surface area contributed by atoms with Gasteiger partial charge in [0, 0.05) is 17.7 Å². The average molecular weight is 232 g/mol. The number of nitrogens with one attached hydrogen (secondary N) is 2. The number of rotatable bonds is 2. The number of piperidine rings is 1. The van der Waals surface area contributed by atoms with Crippen LogP contribution in [-0.2, 0) is 0 Å². The van der Waals surface area contributed by atoms with Crippen LogP contribution in [-0.4, -0.2) is 28.4 Å². The first-order chi connectivity index (χ1) is 8.34. The van der Waals surface area contributed by atoms with E-state index in [9.17, 15) is 0 Å². The highest BCUT2D eigenvalue weighted by molar-refractivity contribution is 5.60. The van der Waals surface area contributed by atoms with Crippen LogP contribution < -0.4 is 5.32 Å². The molecule has 0 amide bonds. The molecule has 2 N–H and O–H groups in total. The fourth-order valence-corrected chi connectivity index (χ4v) is 2.40. The minimum Gasteiger partial charge on any atom is -0.356 e. The molecule has 5 heteroatoms. The molecule has 17 heavy (non-hydrogen) atoms. The van der Waals surface area contributed by atoms with Gasteiger partial charge in [-0.1, -0.05) is 5.16 Å². The van der Waals surface area contributed by atoms with Gasteiger partial charge < -0.3 is 9.84 Å². The molecule has 5 nitrogen and oxygen atoms in total. The Labute approximate surface area is 99.6 Å². The first-order valence-corrected chi connectivity index (χ1v) is 6.02. The number of hydrogen-bond donors (Lipinski definition) is 2. The maximum atomic E-state index is 5.31. The fourth-order valence-electron chi connectivity index (χ4n) is 2.40. The number of H-pyrrole nitrogens is 1. The first kappa shape index (κ1) is 10.5. The summed E-state index contributed by atoms with van der Waals surface area (Å²) in [6.07, 6.45) is 4.11. The van der Waals surface area contributed by atoms with Crippen molar-refractivity contribution >= 4 is 0 Å². The fraction of sp³-hybridized carbons (Fsp3) is 0.500. The van der Waals surface area contributed by atoms with Crippen LogP contribution in [0.5, 0.6) is 0 Å². The highest BCUT2D eigenvalue weighted by Crippen LogP contribution is 2.32. The monoisotopic (exact) mass is 232 g/mol. The van der Waals surface area contributed by atoms with Crippen molar-refractivity contribution in [2.24, 2.45) is 0 Å². The van der Waals surface area contributed by atoms with E-state index in [0.29, 0.717) is 5.92 Å². The lowest BCUT2D eigenvalue weighted by molar-refractivity contribution is 0.423. The summed E-state index contributed by atoms with van der Waals surface area (Å²) >= 11 is 0. The second-order valence-corrected chi connectivity index (χ2v) is 4.55. The van der Waals surface area contributed by atoms with E-state index in [1.807, 2.05) is 19.2 Å². The summed E-state index contributed by atoms with van der Waals surface area (Å²) < 4.78 is 5.31. The van der Waals surface area contributed by atoms with Crippen LogP contribution in [0.3, 0.4) is 0 Å². The Morgan fingerprint density at radius 2 is 2.18 bits per heavy atom. The zero-order valence-electron chi connectivity index (χ0n) is 9.86. The summed E-state index contributed by atoms with van der Waals surface area (Å²) in [5, 5.41) is 14.6. The molecule has 1 saturated heterocycles. The van der Waals surface area contributed by atoms with Crippen molar-refractivity contribution < 1.29 is 4.52 Å². The third-order valence-corrected chi connectivity index (χ3v) is 3.31. The van der Waals surface area contributed by atoms with Crippen molar-refractivity contribution in [1.82, 2.24) is 20.7 Å². The van der Waals surface area contributed by atoms with Crippen LogP contribution in [0, 0.1) is 6.92 Å². The molecule has 2 aromatic heterocycles.